The molecule has 1 N–H and O–H groups in total. The molecule has 0 radical (unpaired) electrons. The van der Waals surface area contributed by atoms with Crippen molar-refractivity contribution in [1.82, 2.24) is 10.2 Å². The molecule has 2 saturated carbocycles. The molecule has 3 aliphatic rings. The van der Waals surface area contributed by atoms with Gasteiger partial charge in [-0.25, -0.2) is 0 Å². The lowest BCUT2D eigenvalue weighted by Crippen LogP contribution is -2.55. The number of carbonyl (C=O) groups is 2. The van der Waals surface area contributed by atoms with E-state index in [1.807, 2.05) is 0 Å². The molecular formula is C15H22N2O2. The normalized spacial score (nSPS) is 30.2. The van der Waals surface area contributed by atoms with Gasteiger partial charge in [-0.3, -0.25) is 9.59 Å². The Morgan fingerprint density at radius 1 is 1.32 bits per heavy atom. The van der Waals surface area contributed by atoms with Gasteiger partial charge in [-0.05, 0) is 30.3 Å². The van der Waals surface area contributed by atoms with E-state index in [1.165, 1.54) is 31.8 Å². The number of carbonyl (C=O) groups excluding carboxylic acids is 2. The first kappa shape index (κ1) is 12.7. The zero-order valence-corrected chi connectivity index (χ0v) is 11.3. The number of nitrogens with zero attached hydrogens (tertiary/aromatic N) is 1. The molecule has 2 amide bonds. The first-order chi connectivity index (χ1) is 9.19. The van der Waals surface area contributed by atoms with Crippen LogP contribution in [0.25, 0.3) is 0 Å². The van der Waals surface area contributed by atoms with Crippen LogP contribution in [0.5, 0.6) is 0 Å². The van der Waals surface area contributed by atoms with Gasteiger partial charge in [0, 0.05) is 19.6 Å². The van der Waals surface area contributed by atoms with Crippen LogP contribution >= 0.6 is 0 Å². The highest BCUT2D eigenvalue weighted by Crippen LogP contribution is 2.51. The molecule has 0 unspecified atom stereocenters. The summed E-state index contributed by atoms with van der Waals surface area (Å²) in [5.74, 6) is 2.59. The van der Waals surface area contributed by atoms with Gasteiger partial charge in [0.05, 0.1) is 5.92 Å². The van der Waals surface area contributed by atoms with Gasteiger partial charge in [-0.15, -0.1) is 0 Å². The number of amides is 2. The van der Waals surface area contributed by atoms with E-state index in [9.17, 15) is 9.59 Å². The topological polar surface area (TPSA) is 49.4 Å². The van der Waals surface area contributed by atoms with Crippen LogP contribution in [0.2, 0.25) is 0 Å². The smallest absolute Gasteiger partial charge is 0.246 e. The van der Waals surface area contributed by atoms with E-state index in [-0.39, 0.29) is 17.7 Å². The highest BCUT2D eigenvalue weighted by molar-refractivity contribution is 5.90. The van der Waals surface area contributed by atoms with Crippen LogP contribution in [0.15, 0.2) is 12.7 Å². The Hall–Kier alpha value is -1.32. The van der Waals surface area contributed by atoms with Crippen molar-refractivity contribution < 1.29 is 9.59 Å². The van der Waals surface area contributed by atoms with Gasteiger partial charge in [-0.1, -0.05) is 25.8 Å². The zero-order chi connectivity index (χ0) is 13.4. The van der Waals surface area contributed by atoms with Gasteiger partial charge >= 0.3 is 0 Å². The van der Waals surface area contributed by atoms with Crippen LogP contribution in [-0.4, -0.2) is 36.3 Å². The molecule has 2 atom stereocenters. The maximum absolute atomic E-state index is 11.9. The summed E-state index contributed by atoms with van der Waals surface area (Å²) >= 11 is 0. The fourth-order valence-electron chi connectivity index (χ4n) is 3.28. The molecule has 0 bridgehead atoms. The zero-order valence-electron chi connectivity index (χ0n) is 11.3. The lowest BCUT2D eigenvalue weighted by atomic mass is 9.81. The van der Waals surface area contributed by atoms with Crippen LogP contribution in [0.3, 0.4) is 0 Å². The summed E-state index contributed by atoms with van der Waals surface area (Å²) in [6.07, 6.45) is 6.81. The highest BCUT2D eigenvalue weighted by Gasteiger charge is 2.45. The molecule has 0 aromatic rings. The van der Waals surface area contributed by atoms with Crippen molar-refractivity contribution in [3.63, 3.8) is 0 Å². The standard InChI is InChI=1S/C15H22N2O2/c1-2-14(18)17-8-12(9-17)15(19)16-7-11-6-13(11)10-4-3-5-10/h2,10-13H,1,3-9H2,(H,16,19)/t11-,13-/m0/s1. The molecule has 104 valence electrons. The molecule has 3 rings (SSSR count). The summed E-state index contributed by atoms with van der Waals surface area (Å²) < 4.78 is 0. The Morgan fingerprint density at radius 3 is 2.63 bits per heavy atom. The van der Waals surface area contributed by atoms with Crippen molar-refractivity contribution in [3.8, 4) is 0 Å². The fourth-order valence-corrected chi connectivity index (χ4v) is 3.28. The Labute approximate surface area is 114 Å². The maximum atomic E-state index is 11.9. The van der Waals surface area contributed by atoms with Crippen LogP contribution in [0.1, 0.15) is 25.7 Å². The summed E-state index contributed by atoms with van der Waals surface area (Å²) in [7, 11) is 0. The SMILES string of the molecule is C=CC(=O)N1CC(C(=O)NC[C@@H]2C[C@H]2C2CCC2)C1. The van der Waals surface area contributed by atoms with Crippen LogP contribution in [0.4, 0.5) is 0 Å². The van der Waals surface area contributed by atoms with Gasteiger partial charge in [-0.2, -0.15) is 0 Å². The van der Waals surface area contributed by atoms with Gasteiger partial charge in [0.1, 0.15) is 0 Å². The third-order valence-electron chi connectivity index (χ3n) is 5.01. The Kier molecular flexibility index (Phi) is 3.33. The molecule has 0 aromatic carbocycles. The van der Waals surface area contributed by atoms with Crippen molar-refractivity contribution >= 4 is 11.8 Å². The van der Waals surface area contributed by atoms with Crippen molar-refractivity contribution in [3.05, 3.63) is 12.7 Å². The van der Waals surface area contributed by atoms with E-state index >= 15 is 0 Å². The third kappa shape index (κ3) is 2.53. The van der Waals surface area contributed by atoms with E-state index < -0.39 is 0 Å². The summed E-state index contributed by atoms with van der Waals surface area (Å²) in [4.78, 5) is 24.8. The van der Waals surface area contributed by atoms with E-state index in [0.717, 1.165) is 24.3 Å². The second kappa shape index (κ2) is 4.99. The molecule has 1 aliphatic heterocycles. The lowest BCUT2D eigenvalue weighted by Gasteiger charge is -2.37. The van der Waals surface area contributed by atoms with E-state index in [4.69, 9.17) is 0 Å². The third-order valence-corrected chi connectivity index (χ3v) is 5.01. The molecule has 4 heteroatoms. The second-order valence-corrected chi connectivity index (χ2v) is 6.24. The van der Waals surface area contributed by atoms with Crippen molar-refractivity contribution in [2.24, 2.45) is 23.7 Å². The predicted octanol–water partition coefficient (Wildman–Crippen LogP) is 1.18. The predicted molar refractivity (Wildman–Crippen MR) is 72.2 cm³/mol. The Balaban J connectivity index is 1.32. The first-order valence-electron chi connectivity index (χ1n) is 7.38. The summed E-state index contributed by atoms with van der Waals surface area (Å²) in [6, 6.07) is 0. The van der Waals surface area contributed by atoms with Gasteiger partial charge in [0.2, 0.25) is 11.8 Å². The molecule has 19 heavy (non-hydrogen) atoms. The van der Waals surface area contributed by atoms with Crippen molar-refractivity contribution in [2.75, 3.05) is 19.6 Å². The maximum Gasteiger partial charge on any atom is 0.246 e. The molecule has 1 heterocycles. The highest BCUT2D eigenvalue weighted by atomic mass is 16.2. The first-order valence-corrected chi connectivity index (χ1v) is 7.38. The number of hydrogen-bond donors (Lipinski definition) is 1. The van der Waals surface area contributed by atoms with Crippen LogP contribution in [-0.2, 0) is 9.59 Å². The van der Waals surface area contributed by atoms with Gasteiger partial charge in [0.25, 0.3) is 0 Å². The van der Waals surface area contributed by atoms with Crippen molar-refractivity contribution in [1.29, 1.82) is 0 Å². The number of likely N-dealkylation sites (tertiary alicyclic amines) is 1. The van der Waals surface area contributed by atoms with E-state index in [2.05, 4.69) is 11.9 Å². The lowest BCUT2D eigenvalue weighted by molar-refractivity contribution is -0.139. The Bertz CT molecular complexity index is 397. The van der Waals surface area contributed by atoms with Crippen LogP contribution < -0.4 is 5.32 Å². The number of rotatable bonds is 5. The summed E-state index contributed by atoms with van der Waals surface area (Å²) in [5, 5.41) is 3.05. The average molecular weight is 262 g/mol. The second-order valence-electron chi connectivity index (χ2n) is 6.24. The monoisotopic (exact) mass is 262 g/mol. The van der Waals surface area contributed by atoms with Gasteiger partial charge < -0.3 is 10.2 Å². The molecule has 4 nitrogen and oxygen atoms in total. The van der Waals surface area contributed by atoms with Crippen molar-refractivity contribution in [2.45, 2.75) is 25.7 Å². The molecule has 1 saturated heterocycles. The average Bonchev–Trinajstić information content (AvgIpc) is 3.01. The molecule has 3 fully saturated rings. The molecule has 0 aromatic heterocycles. The molecule has 0 spiro atoms. The number of nitrogens with one attached hydrogen (secondary N) is 1. The minimum absolute atomic E-state index is 0.00944. The molecule has 2 aliphatic carbocycles. The largest absolute Gasteiger partial charge is 0.355 e. The van der Waals surface area contributed by atoms with E-state index in [0.29, 0.717) is 13.1 Å². The minimum atomic E-state index is -0.0729. The summed E-state index contributed by atoms with van der Waals surface area (Å²) in [6.45, 7) is 5.39. The van der Waals surface area contributed by atoms with Crippen LogP contribution in [0, 0.1) is 23.7 Å². The van der Waals surface area contributed by atoms with Gasteiger partial charge in [0.15, 0.2) is 0 Å². The molecular weight excluding hydrogens is 240 g/mol. The quantitative estimate of drug-likeness (QED) is 0.756. The minimum Gasteiger partial charge on any atom is -0.355 e. The number of hydrogen-bond acceptors (Lipinski definition) is 2. The summed E-state index contributed by atoms with van der Waals surface area (Å²) in [5.41, 5.74) is 0. The Morgan fingerprint density at radius 2 is 2.05 bits per heavy atom. The fraction of sp³-hybridized carbons (Fsp3) is 0.733. The van der Waals surface area contributed by atoms with E-state index in [1.54, 1.807) is 4.90 Å².